The Hall–Kier alpha value is -3.21. The van der Waals surface area contributed by atoms with Gasteiger partial charge in [-0.3, -0.25) is 18.9 Å². The molecule has 0 spiro atoms. The van der Waals surface area contributed by atoms with Gasteiger partial charge in [0.2, 0.25) is 7.44 Å². The van der Waals surface area contributed by atoms with Gasteiger partial charge in [0.05, 0.1) is 31.2 Å². The van der Waals surface area contributed by atoms with E-state index in [-0.39, 0.29) is 43.5 Å². The molecule has 0 bridgehead atoms. The van der Waals surface area contributed by atoms with E-state index in [0.29, 0.717) is 28.9 Å². The number of carboxylic acids is 1. The third-order valence-corrected chi connectivity index (χ3v) is 8.18. The van der Waals surface area contributed by atoms with E-state index in [0.717, 1.165) is 5.57 Å². The average molecular weight is 555 g/mol. The number of cyclic esters (lactones) is 1. The molecule has 0 fully saturated rings. The monoisotopic (exact) mass is 554 g/mol. The van der Waals surface area contributed by atoms with Gasteiger partial charge in [-0.05, 0) is 46.1 Å². The van der Waals surface area contributed by atoms with Crippen LogP contribution in [0.3, 0.4) is 0 Å². The summed E-state index contributed by atoms with van der Waals surface area (Å²) in [6, 6.07) is 0. The number of allylic oxidation sites excluding steroid dienone is 2. The lowest BCUT2D eigenvalue weighted by Gasteiger charge is -2.26. The Morgan fingerprint density at radius 1 is 1.08 bits per heavy atom. The van der Waals surface area contributed by atoms with E-state index in [4.69, 9.17) is 24.1 Å². The lowest BCUT2D eigenvalue weighted by molar-refractivity contribution is -0.142. The third kappa shape index (κ3) is 7.66. The van der Waals surface area contributed by atoms with Crippen molar-refractivity contribution >= 4 is 36.6 Å². The molecule has 210 valence electrons. The first-order valence-corrected chi connectivity index (χ1v) is 13.9. The number of carbonyl (C=O) groups excluding carboxylic acids is 3. The largest absolute Gasteiger partial charge is 0.496 e. The molecule has 0 radical (unpaired) electrons. The second-order valence-corrected chi connectivity index (χ2v) is 10.8. The number of nitrogens with one attached hydrogen (secondary N) is 2. The Bertz CT molecular complexity index is 1140. The van der Waals surface area contributed by atoms with Crippen molar-refractivity contribution in [1.29, 1.82) is 0 Å². The fourth-order valence-corrected chi connectivity index (χ4v) is 6.29. The summed E-state index contributed by atoms with van der Waals surface area (Å²) >= 11 is 0. The van der Waals surface area contributed by atoms with Crippen LogP contribution in [0.1, 0.15) is 60.7 Å². The first-order valence-electron chi connectivity index (χ1n) is 12.2. The molecule has 12 nitrogen and oxygen atoms in total. The van der Waals surface area contributed by atoms with Gasteiger partial charge in [0.15, 0.2) is 0 Å². The van der Waals surface area contributed by atoms with Crippen LogP contribution in [-0.2, 0) is 46.2 Å². The third-order valence-electron chi connectivity index (χ3n) is 5.85. The summed E-state index contributed by atoms with van der Waals surface area (Å²) in [7, 11) is -2.67. The normalized spacial score (nSPS) is 13.1. The molecular weight excluding hydrogens is 519 g/mol. The quantitative estimate of drug-likeness (QED) is 0.125. The SMILES string of the molecule is CCOC(=O)CNP(=O)(NCC(=O)OCC)c1c(C/C=C(\C)CCC(=O)O)c(OC)c(C)c2c1C(=O)OC2. The van der Waals surface area contributed by atoms with Crippen molar-refractivity contribution in [2.45, 2.75) is 53.6 Å². The number of carboxylic acid groups (broad SMARTS) is 1. The zero-order valence-electron chi connectivity index (χ0n) is 22.3. The number of fused-ring (bicyclic) bond motifs is 1. The highest BCUT2D eigenvalue weighted by Crippen LogP contribution is 2.44. The summed E-state index contributed by atoms with van der Waals surface area (Å²) in [5.74, 6) is -2.66. The molecule has 0 atom stereocenters. The second-order valence-electron chi connectivity index (χ2n) is 8.45. The molecule has 1 aromatic carbocycles. The lowest BCUT2D eigenvalue weighted by Crippen LogP contribution is -2.39. The van der Waals surface area contributed by atoms with Crippen LogP contribution < -0.4 is 20.2 Å². The molecule has 13 heteroatoms. The Morgan fingerprint density at radius 3 is 2.16 bits per heavy atom. The van der Waals surface area contributed by atoms with Crippen molar-refractivity contribution in [3.8, 4) is 5.75 Å². The first kappa shape index (κ1) is 31.0. The lowest BCUT2D eigenvalue weighted by atomic mass is 9.96. The summed E-state index contributed by atoms with van der Waals surface area (Å²) in [5, 5.41) is 14.4. The first-order chi connectivity index (χ1) is 18.0. The van der Waals surface area contributed by atoms with Gasteiger partial charge in [-0.1, -0.05) is 11.6 Å². The van der Waals surface area contributed by atoms with E-state index in [1.807, 2.05) is 0 Å². The molecule has 1 aromatic rings. The van der Waals surface area contributed by atoms with Crippen molar-refractivity contribution in [1.82, 2.24) is 10.2 Å². The molecule has 38 heavy (non-hydrogen) atoms. The number of esters is 3. The van der Waals surface area contributed by atoms with Gasteiger partial charge in [-0.25, -0.2) is 15.0 Å². The van der Waals surface area contributed by atoms with Crippen molar-refractivity contribution in [3.05, 3.63) is 33.9 Å². The molecule has 0 aromatic heterocycles. The van der Waals surface area contributed by atoms with E-state index in [2.05, 4.69) is 10.2 Å². The maximum Gasteiger partial charge on any atom is 0.339 e. The molecule has 0 unspecified atom stereocenters. The molecule has 1 heterocycles. The van der Waals surface area contributed by atoms with Gasteiger partial charge in [0.25, 0.3) is 0 Å². The average Bonchev–Trinajstić information content (AvgIpc) is 3.25. The zero-order chi connectivity index (χ0) is 28.5. The molecule has 1 aliphatic heterocycles. The molecule has 1 aliphatic rings. The van der Waals surface area contributed by atoms with Gasteiger partial charge in [-0.15, -0.1) is 0 Å². The van der Waals surface area contributed by atoms with E-state index in [1.54, 1.807) is 33.8 Å². The van der Waals surface area contributed by atoms with Crippen LogP contribution in [-0.4, -0.2) is 62.4 Å². The highest BCUT2D eigenvalue weighted by molar-refractivity contribution is 7.68. The van der Waals surface area contributed by atoms with Gasteiger partial charge in [-0.2, -0.15) is 0 Å². The number of aliphatic carboxylic acids is 1. The Balaban J connectivity index is 2.73. The number of carbonyl (C=O) groups is 4. The van der Waals surface area contributed by atoms with Crippen LogP contribution in [0.2, 0.25) is 0 Å². The van der Waals surface area contributed by atoms with Crippen LogP contribution in [0, 0.1) is 6.92 Å². The molecular formula is C25H35N2O10P. The topological polar surface area (TPSA) is 167 Å². The van der Waals surface area contributed by atoms with Gasteiger partial charge in [0.1, 0.15) is 25.4 Å². The van der Waals surface area contributed by atoms with Crippen LogP contribution in [0.25, 0.3) is 0 Å². The number of methoxy groups -OCH3 is 1. The van der Waals surface area contributed by atoms with Crippen molar-refractivity contribution in [2.24, 2.45) is 0 Å². The van der Waals surface area contributed by atoms with Crippen LogP contribution in [0.4, 0.5) is 0 Å². The highest BCUT2D eigenvalue weighted by Gasteiger charge is 2.40. The van der Waals surface area contributed by atoms with Gasteiger partial charge >= 0.3 is 23.9 Å². The fraction of sp³-hybridized carbons (Fsp3) is 0.520. The van der Waals surface area contributed by atoms with Crippen molar-refractivity contribution < 1.29 is 47.8 Å². The number of hydrogen-bond donors (Lipinski definition) is 3. The smallest absolute Gasteiger partial charge is 0.339 e. The van der Waals surface area contributed by atoms with Crippen molar-refractivity contribution in [3.63, 3.8) is 0 Å². The van der Waals surface area contributed by atoms with Crippen LogP contribution in [0.15, 0.2) is 11.6 Å². The summed E-state index contributed by atoms with van der Waals surface area (Å²) in [5.41, 5.74) is 2.29. The standard InChI is InChI=1S/C25H35N2O10P/c1-6-35-20(30)12-26-38(33,27-13-21(31)36-7-2)24-17(10-8-15(3)9-11-19(28)29)23(34-5)16(4)18-14-37-25(32)22(18)24/h8H,6-7,9-14H2,1-5H3,(H,28,29)(H2,26,27,33)/b15-8+. The molecule has 3 N–H and O–H groups in total. The maximum atomic E-state index is 14.6. The molecule has 0 saturated carbocycles. The highest BCUT2D eigenvalue weighted by atomic mass is 31.2. The maximum absolute atomic E-state index is 14.6. The fourth-order valence-electron chi connectivity index (χ4n) is 4.05. The Morgan fingerprint density at radius 2 is 1.66 bits per heavy atom. The van der Waals surface area contributed by atoms with Gasteiger partial charge < -0.3 is 24.1 Å². The molecule has 0 amide bonds. The Kier molecular flexibility index (Phi) is 11.5. The van der Waals surface area contributed by atoms with Crippen LogP contribution in [0.5, 0.6) is 5.75 Å². The number of benzene rings is 1. The minimum absolute atomic E-state index is 0.0216. The summed E-state index contributed by atoms with van der Waals surface area (Å²) < 4.78 is 35.5. The minimum atomic E-state index is -4.10. The molecule has 0 aliphatic carbocycles. The molecule has 0 saturated heterocycles. The Labute approximate surface area is 221 Å². The number of rotatable bonds is 15. The summed E-state index contributed by atoms with van der Waals surface area (Å²) in [6.45, 7) is 5.95. The minimum Gasteiger partial charge on any atom is -0.496 e. The summed E-state index contributed by atoms with van der Waals surface area (Å²) in [4.78, 5) is 48.3. The van der Waals surface area contributed by atoms with E-state index >= 15 is 0 Å². The van der Waals surface area contributed by atoms with E-state index in [9.17, 15) is 23.7 Å². The second kappa shape index (κ2) is 14.1. The van der Waals surface area contributed by atoms with Gasteiger partial charge in [0, 0.05) is 17.5 Å². The number of ether oxygens (including phenoxy) is 4. The predicted molar refractivity (Wildman–Crippen MR) is 138 cm³/mol. The summed E-state index contributed by atoms with van der Waals surface area (Å²) in [6.07, 6.45) is 2.11. The molecule has 2 rings (SSSR count). The van der Waals surface area contributed by atoms with Crippen LogP contribution >= 0.6 is 7.44 Å². The van der Waals surface area contributed by atoms with Crippen molar-refractivity contribution in [2.75, 3.05) is 33.4 Å². The number of hydrogen-bond acceptors (Lipinski definition) is 9. The zero-order valence-corrected chi connectivity index (χ0v) is 23.2. The van der Waals surface area contributed by atoms with E-state index < -0.39 is 44.4 Å². The van der Waals surface area contributed by atoms with E-state index in [1.165, 1.54) is 7.11 Å². The predicted octanol–water partition coefficient (Wildman–Crippen LogP) is 2.15.